The molecule has 7 rings (SSSR count). The van der Waals surface area contributed by atoms with Crippen molar-refractivity contribution in [1.29, 1.82) is 0 Å². The summed E-state index contributed by atoms with van der Waals surface area (Å²) in [5.74, 6) is -4.78. The van der Waals surface area contributed by atoms with Gasteiger partial charge >= 0.3 is 23.9 Å². The lowest BCUT2D eigenvalue weighted by Crippen LogP contribution is -2.46. The molecule has 2 aliphatic heterocycles. The van der Waals surface area contributed by atoms with Crippen LogP contribution in [0.15, 0.2) is 150 Å². The number of nitrogens with zero attached hydrogens (tertiary/aromatic N) is 2. The number of hydrogen-bond acceptors (Lipinski definition) is 13. The average Bonchev–Trinajstić information content (AvgIpc) is 1.60. The second-order valence-electron chi connectivity index (χ2n) is 26.4. The van der Waals surface area contributed by atoms with Gasteiger partial charge in [0.2, 0.25) is 11.6 Å². The van der Waals surface area contributed by atoms with Gasteiger partial charge in [0, 0.05) is 92.7 Å². The Morgan fingerprint density at radius 2 is 1.36 bits per heavy atom. The molecule has 98 heavy (non-hydrogen) atoms. The van der Waals surface area contributed by atoms with E-state index < -0.39 is 69.2 Å². The summed E-state index contributed by atoms with van der Waals surface area (Å²) < 4.78 is 53.6. The number of carboxylic acids is 3. The number of amides is 3. The van der Waals surface area contributed by atoms with E-state index in [1.54, 1.807) is 0 Å². The molecule has 0 saturated heterocycles. The molecule has 7 N–H and O–H groups in total. The summed E-state index contributed by atoms with van der Waals surface area (Å²) in [6, 6.07) is 30.2. The minimum Gasteiger partial charge on any atom is -0.481 e. The van der Waals surface area contributed by atoms with Gasteiger partial charge < -0.3 is 50.4 Å². The van der Waals surface area contributed by atoms with Gasteiger partial charge in [-0.25, -0.2) is 9.59 Å². The van der Waals surface area contributed by atoms with E-state index in [4.69, 9.17) is 19.3 Å². The predicted octanol–water partition coefficient (Wildman–Crippen LogP) is 11.7. The molecule has 1 aliphatic carbocycles. The summed E-state index contributed by atoms with van der Waals surface area (Å²) in [7, 11) is -4.11. The van der Waals surface area contributed by atoms with E-state index in [0.717, 1.165) is 84.5 Å². The highest BCUT2D eigenvalue weighted by molar-refractivity contribution is 7.85. The molecule has 3 aliphatic rings. The summed E-state index contributed by atoms with van der Waals surface area (Å²) >= 11 is 0. The number of fused-ring (bicyclic) bond motifs is 2. The largest absolute Gasteiger partial charge is 0.481 e. The zero-order valence-electron chi connectivity index (χ0n) is 57.2. The second-order valence-corrected chi connectivity index (χ2v) is 27.9. The molecule has 0 saturated carbocycles. The molecule has 0 aromatic heterocycles. The normalized spacial score (nSPS) is 16.6. The molecule has 21 nitrogen and oxygen atoms in total. The molecular formula is C76H98N5O16S+. The number of nitrogens with one attached hydrogen (secondary N) is 3. The van der Waals surface area contributed by atoms with Crippen LogP contribution < -0.4 is 25.6 Å². The van der Waals surface area contributed by atoms with Crippen LogP contribution in [0, 0.1) is 5.92 Å². The summed E-state index contributed by atoms with van der Waals surface area (Å²) in [5, 5.41) is 36.4. The van der Waals surface area contributed by atoms with Gasteiger partial charge in [0.15, 0.2) is 11.5 Å². The number of urea groups is 1. The van der Waals surface area contributed by atoms with Gasteiger partial charge in [-0.1, -0.05) is 112 Å². The molecular weight excluding hydrogens is 1270 g/mol. The third-order valence-electron chi connectivity index (χ3n) is 18.2. The number of para-hydroxylation sites is 2. The lowest BCUT2D eigenvalue weighted by Gasteiger charge is -2.27. The molecule has 0 unspecified atom stereocenters. The third-order valence-corrected chi connectivity index (χ3v) is 19.0. The minimum atomic E-state index is -4.11. The average molecular weight is 1370 g/mol. The Kier molecular flexibility index (Phi) is 29.3. The lowest BCUT2D eigenvalue weighted by atomic mass is 9.81. The molecule has 0 fully saturated rings. The quantitative estimate of drug-likeness (QED) is 0.0123. The van der Waals surface area contributed by atoms with Gasteiger partial charge in [-0.2, -0.15) is 13.0 Å². The first-order valence-electron chi connectivity index (χ1n) is 34.3. The summed E-state index contributed by atoms with van der Waals surface area (Å²) in [6.07, 6.45) is 15.2. The third kappa shape index (κ3) is 23.0. The summed E-state index contributed by atoms with van der Waals surface area (Å²) in [5.41, 5.74) is 9.72. The smallest absolute Gasteiger partial charge is 0.326 e. The summed E-state index contributed by atoms with van der Waals surface area (Å²) in [4.78, 5) is 89.7. The van der Waals surface area contributed by atoms with Crippen LogP contribution in [0.4, 0.5) is 16.2 Å². The van der Waals surface area contributed by atoms with Crippen molar-refractivity contribution in [2.45, 2.75) is 173 Å². The van der Waals surface area contributed by atoms with Crippen LogP contribution in [0.25, 0.3) is 0 Å². The number of ketones is 2. The number of carboxylic acid groups (broad SMARTS) is 3. The van der Waals surface area contributed by atoms with Crippen molar-refractivity contribution in [2.75, 3.05) is 56.7 Å². The lowest BCUT2D eigenvalue weighted by molar-refractivity contribution is -0.438. The van der Waals surface area contributed by atoms with Gasteiger partial charge in [0.25, 0.3) is 10.1 Å². The van der Waals surface area contributed by atoms with E-state index in [0.29, 0.717) is 37.1 Å². The van der Waals surface area contributed by atoms with E-state index in [1.165, 1.54) is 17.0 Å². The van der Waals surface area contributed by atoms with Gasteiger partial charge in [-0.15, -0.1) is 0 Å². The first-order chi connectivity index (χ1) is 46.9. The van der Waals surface area contributed by atoms with Crippen molar-refractivity contribution in [3.63, 3.8) is 0 Å². The van der Waals surface area contributed by atoms with Crippen molar-refractivity contribution in [1.82, 2.24) is 16.0 Å². The van der Waals surface area contributed by atoms with Crippen LogP contribution in [-0.4, -0.2) is 144 Å². The monoisotopic (exact) mass is 1370 g/mol. The van der Waals surface area contributed by atoms with Crippen LogP contribution >= 0.6 is 0 Å². The molecule has 4 aromatic rings. The standard InChI is InChI=1S/C76H97N5O16S/c1-6-7-15-43-80-64-28-13-11-26-60(64)75(2,3)67(80)39-33-55-23-18-24-56(34-40-68-76(4,5)61-27-12-14-29-65(61)81(68)44-16-17-49-98(92,93)94)71(55)97-59-36-31-54(32-37-59)50-57(72(87)88)52-66(83)63(51-53-21-9-8-10-22-53)78-69(84)41-46-96-48-47-95-45-20-25-58(82)35-38-62(73(89)90)79-74(91)77-42-19-30-70(85)86/h8-14,21-22,26-29,31-34,36-37,39-40,57,62-63H,6-7,15-20,23-25,30,35,38,41-52H2,1-5H3,(H6-,77,78,79,84,85,86,87,88,89,90,91,92,93,94)/p+1/t57-,62+,63+/m1/s1. The van der Waals surface area contributed by atoms with E-state index in [-0.39, 0.29) is 108 Å². The summed E-state index contributed by atoms with van der Waals surface area (Å²) in [6.45, 7) is 13.1. The van der Waals surface area contributed by atoms with Crippen molar-refractivity contribution in [2.24, 2.45) is 5.92 Å². The number of rotatable bonds is 42. The number of benzene rings is 4. The molecule has 3 atom stereocenters. The number of carbonyl (C=O) groups is 7. The highest BCUT2D eigenvalue weighted by atomic mass is 32.2. The number of ether oxygens (including phenoxy) is 3. The molecule has 2 heterocycles. The maximum absolute atomic E-state index is 14.2. The molecule has 528 valence electrons. The number of unbranched alkanes of at least 4 members (excludes halogenated alkanes) is 3. The highest BCUT2D eigenvalue weighted by Gasteiger charge is 2.44. The van der Waals surface area contributed by atoms with Crippen LogP contribution in [0.1, 0.15) is 160 Å². The first kappa shape index (κ1) is 76.8. The van der Waals surface area contributed by atoms with Crippen molar-refractivity contribution >= 4 is 68.6 Å². The van der Waals surface area contributed by atoms with Crippen LogP contribution in [0.2, 0.25) is 0 Å². The highest BCUT2D eigenvalue weighted by Crippen LogP contribution is 2.48. The number of allylic oxidation sites excluding steroid dienone is 7. The zero-order valence-corrected chi connectivity index (χ0v) is 58.0. The van der Waals surface area contributed by atoms with Gasteiger partial charge in [-0.3, -0.25) is 28.5 Å². The van der Waals surface area contributed by atoms with Crippen LogP contribution in [-0.2, 0) is 72.0 Å². The van der Waals surface area contributed by atoms with Gasteiger partial charge in [-0.05, 0) is 143 Å². The van der Waals surface area contributed by atoms with E-state index in [2.05, 4.69) is 121 Å². The fourth-order valence-corrected chi connectivity index (χ4v) is 13.4. The van der Waals surface area contributed by atoms with Crippen molar-refractivity contribution in [3.05, 3.63) is 172 Å². The number of anilines is 1. The Morgan fingerprint density at radius 3 is 2.06 bits per heavy atom. The molecule has 3 amide bonds. The Labute approximate surface area is 576 Å². The van der Waals surface area contributed by atoms with Crippen molar-refractivity contribution < 1.29 is 80.6 Å². The van der Waals surface area contributed by atoms with E-state index in [9.17, 15) is 56.7 Å². The van der Waals surface area contributed by atoms with E-state index in [1.807, 2.05) is 66.7 Å². The Hall–Kier alpha value is -8.57. The number of hydrogen-bond donors (Lipinski definition) is 7. The van der Waals surface area contributed by atoms with E-state index >= 15 is 0 Å². The second kappa shape index (κ2) is 37.4. The number of carbonyl (C=O) groups excluding carboxylic acids is 4. The van der Waals surface area contributed by atoms with Gasteiger partial charge in [0.05, 0.1) is 42.9 Å². The SMILES string of the molecule is CCCCC[N+]1=C(C=CC2=C(Oc3ccc(C[C@H](CC(=O)[C@H](Cc4ccccc4)NC(=O)CCOCCOCCCC(=O)CC[C@H](NC(=O)NCCCC(=O)O)C(=O)O)C(=O)O)cc3)C(=CC=C3N(CCCCS(=O)(=O)O)c4ccccc4C3(C)C)CCC2)C(C)(C)c2ccccc21. The molecule has 4 aromatic carbocycles. The Balaban J connectivity index is 1.00. The topological polar surface area (TPSA) is 305 Å². The van der Waals surface area contributed by atoms with Crippen LogP contribution in [0.3, 0.4) is 0 Å². The number of aliphatic carboxylic acids is 3. The fourth-order valence-electron chi connectivity index (χ4n) is 12.8. The Bertz CT molecular complexity index is 3700. The zero-order chi connectivity index (χ0) is 70.8. The van der Waals surface area contributed by atoms with Crippen molar-refractivity contribution in [3.8, 4) is 5.75 Å². The molecule has 0 bridgehead atoms. The minimum absolute atomic E-state index is 0.00459. The fraction of sp³-hybridized carbons (Fsp3) is 0.474. The maximum atomic E-state index is 14.2. The number of Topliss-reactive ketones (excluding diaryl/α,β-unsaturated/α-hetero) is 2. The van der Waals surface area contributed by atoms with Crippen LogP contribution in [0.5, 0.6) is 5.75 Å². The predicted molar refractivity (Wildman–Crippen MR) is 376 cm³/mol. The molecule has 22 heteroatoms. The van der Waals surface area contributed by atoms with Gasteiger partial charge in [0.1, 0.15) is 29.9 Å². The Morgan fingerprint density at radius 1 is 0.663 bits per heavy atom. The maximum Gasteiger partial charge on any atom is 0.326 e. The first-order valence-corrected chi connectivity index (χ1v) is 35.9. The molecule has 0 radical (unpaired) electrons. The molecule has 0 spiro atoms.